The molecule has 0 radical (unpaired) electrons. The van der Waals surface area contributed by atoms with Crippen LogP contribution < -0.4 is 15.4 Å². The van der Waals surface area contributed by atoms with E-state index in [0.717, 1.165) is 44.7 Å². The molecule has 0 aliphatic rings. The van der Waals surface area contributed by atoms with Crippen LogP contribution in [0.2, 0.25) is 0 Å². The summed E-state index contributed by atoms with van der Waals surface area (Å²) >= 11 is 0. The summed E-state index contributed by atoms with van der Waals surface area (Å²) in [5.41, 5.74) is -0.718. The van der Waals surface area contributed by atoms with Gasteiger partial charge in [-0.2, -0.15) is 13.2 Å². The molecular weight excluding hydrogens is 347 g/mol. The molecule has 0 aliphatic heterocycles. The van der Waals surface area contributed by atoms with Crippen LogP contribution in [0.3, 0.4) is 0 Å². The Kier molecular flexibility index (Phi) is 10.5. The standard InChI is InChI=1S/C18H28F3N3O2/c1-3-22-17(23-10-5-6-12-25-4-2)24-11-13-26-16-9-7-8-15(14-16)18(19,20)21/h7-9,14H,3-6,10-13H2,1-2H3,(H2,22,23,24). The van der Waals surface area contributed by atoms with Gasteiger partial charge < -0.3 is 20.1 Å². The molecule has 0 fully saturated rings. The van der Waals surface area contributed by atoms with Crippen LogP contribution in [0, 0.1) is 0 Å². The van der Waals surface area contributed by atoms with Crippen LogP contribution in [-0.2, 0) is 10.9 Å². The summed E-state index contributed by atoms with van der Waals surface area (Å²) in [5.74, 6) is 0.857. The van der Waals surface area contributed by atoms with Crippen molar-refractivity contribution in [3.05, 3.63) is 29.8 Å². The largest absolute Gasteiger partial charge is 0.492 e. The lowest BCUT2D eigenvalue weighted by molar-refractivity contribution is -0.137. The van der Waals surface area contributed by atoms with Crippen LogP contribution in [0.4, 0.5) is 13.2 Å². The predicted octanol–water partition coefficient (Wildman–Crippen LogP) is 3.46. The molecule has 1 rings (SSSR count). The van der Waals surface area contributed by atoms with Crippen molar-refractivity contribution in [2.24, 2.45) is 4.99 Å². The van der Waals surface area contributed by atoms with Crippen LogP contribution in [0.25, 0.3) is 0 Å². The highest BCUT2D eigenvalue weighted by Gasteiger charge is 2.30. The molecule has 1 aromatic carbocycles. The summed E-state index contributed by atoms with van der Waals surface area (Å²) in [6.07, 6.45) is -2.49. The first-order chi connectivity index (χ1) is 12.5. The number of hydrogen-bond donors (Lipinski definition) is 2. The minimum Gasteiger partial charge on any atom is -0.492 e. The maximum atomic E-state index is 12.7. The third kappa shape index (κ3) is 9.50. The predicted molar refractivity (Wildman–Crippen MR) is 96.6 cm³/mol. The third-order valence-corrected chi connectivity index (χ3v) is 3.34. The second kappa shape index (κ2) is 12.4. The van der Waals surface area contributed by atoms with E-state index in [1.165, 1.54) is 12.1 Å². The Balaban J connectivity index is 2.34. The SMILES string of the molecule is CCNC(=NCCCCOCC)NCCOc1cccc(C(F)(F)F)c1. The number of unbranched alkanes of at least 4 members (excludes halogenated alkanes) is 1. The zero-order chi connectivity index (χ0) is 19.3. The average molecular weight is 375 g/mol. The molecule has 2 N–H and O–H groups in total. The number of nitrogens with zero attached hydrogens (tertiary/aromatic N) is 1. The molecule has 0 heterocycles. The monoisotopic (exact) mass is 375 g/mol. The minimum atomic E-state index is -4.37. The average Bonchev–Trinajstić information content (AvgIpc) is 2.61. The van der Waals surface area contributed by atoms with E-state index >= 15 is 0 Å². The quantitative estimate of drug-likeness (QED) is 0.353. The molecule has 26 heavy (non-hydrogen) atoms. The fourth-order valence-electron chi connectivity index (χ4n) is 2.09. The van der Waals surface area contributed by atoms with Gasteiger partial charge >= 0.3 is 6.18 Å². The lowest BCUT2D eigenvalue weighted by Gasteiger charge is -2.13. The second-order valence-electron chi connectivity index (χ2n) is 5.47. The van der Waals surface area contributed by atoms with E-state index < -0.39 is 11.7 Å². The summed E-state index contributed by atoms with van der Waals surface area (Å²) < 4.78 is 48.6. The highest BCUT2D eigenvalue weighted by molar-refractivity contribution is 5.79. The van der Waals surface area contributed by atoms with E-state index in [9.17, 15) is 13.2 Å². The highest BCUT2D eigenvalue weighted by Crippen LogP contribution is 2.31. The van der Waals surface area contributed by atoms with Gasteiger partial charge in [-0.05, 0) is 44.9 Å². The van der Waals surface area contributed by atoms with Gasteiger partial charge in [0.15, 0.2) is 5.96 Å². The highest BCUT2D eigenvalue weighted by atomic mass is 19.4. The van der Waals surface area contributed by atoms with Crippen molar-refractivity contribution in [2.45, 2.75) is 32.9 Å². The summed E-state index contributed by atoms with van der Waals surface area (Å²) in [4.78, 5) is 4.44. The minimum absolute atomic E-state index is 0.194. The van der Waals surface area contributed by atoms with Crippen molar-refractivity contribution >= 4 is 5.96 Å². The lowest BCUT2D eigenvalue weighted by Crippen LogP contribution is -2.39. The van der Waals surface area contributed by atoms with Crippen LogP contribution >= 0.6 is 0 Å². The Morgan fingerprint density at radius 1 is 1.12 bits per heavy atom. The molecule has 0 aliphatic carbocycles. The molecule has 0 saturated carbocycles. The third-order valence-electron chi connectivity index (χ3n) is 3.34. The first-order valence-electron chi connectivity index (χ1n) is 8.87. The molecule has 0 amide bonds. The Morgan fingerprint density at radius 2 is 1.92 bits per heavy atom. The van der Waals surface area contributed by atoms with Crippen molar-refractivity contribution < 1.29 is 22.6 Å². The molecule has 0 aromatic heterocycles. The van der Waals surface area contributed by atoms with Crippen LogP contribution in [0.5, 0.6) is 5.75 Å². The van der Waals surface area contributed by atoms with Gasteiger partial charge in [0.25, 0.3) is 0 Å². The lowest BCUT2D eigenvalue weighted by atomic mass is 10.2. The van der Waals surface area contributed by atoms with Gasteiger partial charge in [0.1, 0.15) is 12.4 Å². The molecule has 5 nitrogen and oxygen atoms in total. The van der Waals surface area contributed by atoms with Crippen LogP contribution in [0.15, 0.2) is 29.3 Å². The van der Waals surface area contributed by atoms with Crippen LogP contribution in [0.1, 0.15) is 32.3 Å². The number of nitrogens with one attached hydrogen (secondary N) is 2. The molecule has 8 heteroatoms. The van der Waals surface area contributed by atoms with E-state index in [2.05, 4.69) is 15.6 Å². The number of rotatable bonds is 11. The Bertz CT molecular complexity index is 537. The first kappa shape index (κ1) is 22.1. The number of ether oxygens (including phenoxy) is 2. The fourth-order valence-corrected chi connectivity index (χ4v) is 2.09. The molecule has 148 valence electrons. The van der Waals surface area contributed by atoms with Gasteiger partial charge in [0.05, 0.1) is 12.1 Å². The summed E-state index contributed by atoms with van der Waals surface area (Å²) in [6, 6.07) is 4.86. The molecule has 0 spiro atoms. The van der Waals surface area contributed by atoms with Crippen LogP contribution in [-0.4, -0.2) is 45.4 Å². The van der Waals surface area contributed by atoms with Crippen molar-refractivity contribution in [1.82, 2.24) is 10.6 Å². The Hall–Kier alpha value is -1.96. The number of hydrogen-bond acceptors (Lipinski definition) is 3. The van der Waals surface area contributed by atoms with Gasteiger partial charge in [-0.1, -0.05) is 6.07 Å². The molecule has 0 saturated heterocycles. The fraction of sp³-hybridized carbons (Fsp3) is 0.611. The number of aliphatic imine (C=N–C) groups is 1. The Labute approximate surface area is 153 Å². The van der Waals surface area contributed by atoms with Gasteiger partial charge in [0, 0.05) is 26.3 Å². The number of alkyl halides is 3. The summed E-state index contributed by atoms with van der Waals surface area (Å²) in [7, 11) is 0. The topological polar surface area (TPSA) is 54.9 Å². The second-order valence-corrected chi connectivity index (χ2v) is 5.47. The first-order valence-corrected chi connectivity index (χ1v) is 8.87. The van der Waals surface area contributed by atoms with E-state index in [1.54, 1.807) is 0 Å². The van der Waals surface area contributed by atoms with Crippen molar-refractivity contribution in [3.63, 3.8) is 0 Å². The molecule has 1 aromatic rings. The molecule has 0 unspecified atom stereocenters. The van der Waals surface area contributed by atoms with E-state index in [0.29, 0.717) is 19.0 Å². The molecule has 0 atom stereocenters. The van der Waals surface area contributed by atoms with E-state index in [1.807, 2.05) is 13.8 Å². The van der Waals surface area contributed by atoms with Gasteiger partial charge in [-0.3, -0.25) is 4.99 Å². The van der Waals surface area contributed by atoms with Gasteiger partial charge in [0.2, 0.25) is 0 Å². The smallest absolute Gasteiger partial charge is 0.416 e. The zero-order valence-corrected chi connectivity index (χ0v) is 15.4. The normalized spacial score (nSPS) is 12.1. The van der Waals surface area contributed by atoms with Crippen molar-refractivity contribution in [2.75, 3.05) is 39.5 Å². The molecule has 0 bridgehead atoms. The van der Waals surface area contributed by atoms with E-state index in [4.69, 9.17) is 9.47 Å². The summed E-state index contributed by atoms with van der Waals surface area (Å²) in [6.45, 7) is 7.45. The number of guanidine groups is 1. The zero-order valence-electron chi connectivity index (χ0n) is 15.4. The number of halogens is 3. The summed E-state index contributed by atoms with van der Waals surface area (Å²) in [5, 5.41) is 6.21. The number of benzene rings is 1. The van der Waals surface area contributed by atoms with Crippen molar-refractivity contribution in [3.8, 4) is 5.75 Å². The van der Waals surface area contributed by atoms with Crippen molar-refractivity contribution in [1.29, 1.82) is 0 Å². The Morgan fingerprint density at radius 3 is 2.62 bits per heavy atom. The molecular formula is C18H28F3N3O2. The maximum Gasteiger partial charge on any atom is 0.416 e. The van der Waals surface area contributed by atoms with Gasteiger partial charge in [-0.25, -0.2) is 0 Å². The van der Waals surface area contributed by atoms with E-state index in [-0.39, 0.29) is 12.4 Å². The van der Waals surface area contributed by atoms with Gasteiger partial charge in [-0.15, -0.1) is 0 Å². The maximum absolute atomic E-state index is 12.7.